The molecule has 2 N–H and O–H groups in total. The molecule has 2 aliphatic heterocycles. The maximum atomic E-state index is 14.9. The molecule has 2 fully saturated rings. The van der Waals surface area contributed by atoms with Crippen molar-refractivity contribution < 1.29 is 9.50 Å². The lowest BCUT2D eigenvalue weighted by Crippen LogP contribution is -2.47. The quantitative estimate of drug-likeness (QED) is 0.464. The molecule has 0 bridgehead atoms. The third-order valence-corrected chi connectivity index (χ3v) is 6.85. The zero-order valence-corrected chi connectivity index (χ0v) is 18.4. The molecule has 0 unspecified atom stereocenters. The molecule has 5 nitrogen and oxygen atoms in total. The molecule has 1 aromatic carbocycles. The van der Waals surface area contributed by atoms with Crippen LogP contribution in [0.2, 0.25) is 10.2 Å². The Hall–Kier alpha value is -1.41. The number of likely N-dealkylation sites (tertiary alicyclic amines) is 1. The number of hydrogen-bond acceptors (Lipinski definition) is 6. The Bertz CT molecular complexity index is 897. The van der Waals surface area contributed by atoms with E-state index in [1.54, 1.807) is 24.3 Å². The van der Waals surface area contributed by atoms with Crippen molar-refractivity contribution >= 4 is 46.7 Å². The van der Waals surface area contributed by atoms with Gasteiger partial charge in [0, 0.05) is 38.8 Å². The zero-order chi connectivity index (χ0) is 20.5. The van der Waals surface area contributed by atoms with Crippen LogP contribution in [0.1, 0.15) is 13.3 Å². The molecule has 0 amide bonds. The number of phenols is 1. The lowest BCUT2D eigenvalue weighted by Gasteiger charge is -2.38. The Morgan fingerprint density at radius 3 is 2.83 bits per heavy atom. The van der Waals surface area contributed by atoms with Crippen LogP contribution in [0.25, 0.3) is 0 Å². The van der Waals surface area contributed by atoms with Gasteiger partial charge in [0.1, 0.15) is 26.6 Å². The van der Waals surface area contributed by atoms with Crippen molar-refractivity contribution in [1.82, 2.24) is 9.88 Å². The smallest absolute Gasteiger partial charge is 0.163 e. The minimum atomic E-state index is -0.638. The van der Waals surface area contributed by atoms with Gasteiger partial charge in [0.2, 0.25) is 0 Å². The van der Waals surface area contributed by atoms with E-state index in [-0.39, 0.29) is 15.7 Å². The highest BCUT2D eigenvalue weighted by atomic mass is 35.5. The predicted octanol–water partition coefficient (Wildman–Crippen LogP) is 5.13. The molecule has 1 atom stereocenters. The number of hydrogen-bond donors (Lipinski definition) is 2. The standard InChI is InChI=1S/C20H23Cl2FN4OS/c1-12-8-26(9-12)10-13-5-6-27(11-13)14-7-15(28)20(19(23)18(14)22)29-25-17-4-2-3-16(21)24-17/h2-4,7,12-13,28H,5-6,8-11H2,1H3,(H,24,25)/t13-/m0/s1. The largest absolute Gasteiger partial charge is 0.507 e. The summed E-state index contributed by atoms with van der Waals surface area (Å²) in [5.74, 6) is 0.994. The van der Waals surface area contributed by atoms with Gasteiger partial charge in [-0.05, 0) is 42.3 Å². The van der Waals surface area contributed by atoms with E-state index in [1.807, 2.05) is 0 Å². The second-order valence-electron chi connectivity index (χ2n) is 7.85. The molecule has 156 valence electrons. The highest BCUT2D eigenvalue weighted by molar-refractivity contribution is 8.00. The number of benzene rings is 1. The first-order valence-electron chi connectivity index (χ1n) is 9.64. The predicted molar refractivity (Wildman–Crippen MR) is 118 cm³/mol. The number of aromatic nitrogens is 1. The molecule has 29 heavy (non-hydrogen) atoms. The minimum absolute atomic E-state index is 0.0318. The molecule has 1 aromatic heterocycles. The number of aromatic hydroxyl groups is 1. The molecular weight excluding hydrogens is 434 g/mol. The van der Waals surface area contributed by atoms with Gasteiger partial charge in [-0.3, -0.25) is 0 Å². The molecule has 3 heterocycles. The molecule has 9 heteroatoms. The molecule has 0 radical (unpaired) electrons. The first kappa shape index (κ1) is 20.8. The Morgan fingerprint density at radius 1 is 1.31 bits per heavy atom. The SMILES string of the molecule is CC1CN(C[C@@H]2CCN(c3cc(O)c(SNc4cccc(Cl)n4)c(F)c3Cl)C2)C1. The van der Waals surface area contributed by atoms with Crippen molar-refractivity contribution in [3.63, 3.8) is 0 Å². The Morgan fingerprint density at radius 2 is 2.10 bits per heavy atom. The van der Waals surface area contributed by atoms with Crippen molar-refractivity contribution in [1.29, 1.82) is 0 Å². The Kier molecular flexibility index (Phi) is 6.30. The summed E-state index contributed by atoms with van der Waals surface area (Å²) in [7, 11) is 0. The van der Waals surface area contributed by atoms with Gasteiger partial charge in [0.15, 0.2) is 5.82 Å². The summed E-state index contributed by atoms with van der Waals surface area (Å²) < 4.78 is 17.8. The van der Waals surface area contributed by atoms with Gasteiger partial charge in [-0.15, -0.1) is 0 Å². The van der Waals surface area contributed by atoms with Crippen molar-refractivity contribution in [2.24, 2.45) is 11.8 Å². The number of nitrogens with one attached hydrogen (secondary N) is 1. The van der Waals surface area contributed by atoms with E-state index < -0.39 is 5.82 Å². The molecular formula is C20H23Cl2FN4OS. The van der Waals surface area contributed by atoms with Crippen molar-refractivity contribution in [3.8, 4) is 5.75 Å². The second-order valence-corrected chi connectivity index (χ2v) is 9.43. The van der Waals surface area contributed by atoms with E-state index in [4.69, 9.17) is 23.2 Å². The van der Waals surface area contributed by atoms with Crippen LogP contribution in [-0.4, -0.2) is 47.7 Å². The minimum Gasteiger partial charge on any atom is -0.507 e. The molecule has 0 aliphatic carbocycles. The molecule has 2 saturated heterocycles. The fourth-order valence-corrected chi connectivity index (χ4v) is 5.19. The summed E-state index contributed by atoms with van der Waals surface area (Å²) in [6.45, 7) is 7.28. The van der Waals surface area contributed by atoms with Crippen molar-refractivity contribution in [2.75, 3.05) is 42.3 Å². The maximum Gasteiger partial charge on any atom is 0.163 e. The van der Waals surface area contributed by atoms with E-state index in [9.17, 15) is 9.50 Å². The van der Waals surface area contributed by atoms with Crippen LogP contribution in [0.4, 0.5) is 15.9 Å². The van der Waals surface area contributed by atoms with Crippen LogP contribution in [0.5, 0.6) is 5.75 Å². The molecule has 4 rings (SSSR count). The molecule has 0 saturated carbocycles. The zero-order valence-electron chi connectivity index (χ0n) is 16.0. The summed E-state index contributed by atoms with van der Waals surface area (Å²) in [6.07, 6.45) is 1.04. The van der Waals surface area contributed by atoms with Gasteiger partial charge in [-0.25, -0.2) is 9.37 Å². The number of anilines is 2. The van der Waals surface area contributed by atoms with E-state index in [0.717, 1.165) is 57.0 Å². The van der Waals surface area contributed by atoms with Gasteiger partial charge in [-0.2, -0.15) is 0 Å². The van der Waals surface area contributed by atoms with E-state index in [0.29, 0.717) is 22.6 Å². The van der Waals surface area contributed by atoms with E-state index in [1.165, 1.54) is 0 Å². The Balaban J connectivity index is 1.44. The Labute approximate surface area is 184 Å². The van der Waals surface area contributed by atoms with Crippen LogP contribution in [-0.2, 0) is 0 Å². The van der Waals surface area contributed by atoms with Crippen LogP contribution >= 0.6 is 35.1 Å². The van der Waals surface area contributed by atoms with Gasteiger partial charge in [0.05, 0.1) is 5.69 Å². The summed E-state index contributed by atoms with van der Waals surface area (Å²) in [4.78, 5) is 8.65. The van der Waals surface area contributed by atoms with Crippen molar-refractivity contribution in [2.45, 2.75) is 18.2 Å². The highest BCUT2D eigenvalue weighted by Gasteiger charge is 2.31. The van der Waals surface area contributed by atoms with Crippen LogP contribution in [0, 0.1) is 17.7 Å². The highest BCUT2D eigenvalue weighted by Crippen LogP contribution is 2.42. The molecule has 2 aliphatic rings. The summed E-state index contributed by atoms with van der Waals surface area (Å²) in [5, 5.41) is 10.8. The van der Waals surface area contributed by atoms with Crippen LogP contribution in [0.15, 0.2) is 29.2 Å². The maximum absolute atomic E-state index is 14.9. The molecule has 2 aromatic rings. The fraction of sp³-hybridized carbons (Fsp3) is 0.450. The number of pyridine rings is 1. The monoisotopic (exact) mass is 456 g/mol. The summed E-state index contributed by atoms with van der Waals surface area (Å²) >= 11 is 13.1. The second kappa shape index (κ2) is 8.76. The van der Waals surface area contributed by atoms with Crippen LogP contribution in [0.3, 0.4) is 0 Å². The van der Waals surface area contributed by atoms with E-state index >= 15 is 0 Å². The average molecular weight is 457 g/mol. The number of rotatable bonds is 6. The van der Waals surface area contributed by atoms with Gasteiger partial charge in [0.25, 0.3) is 0 Å². The summed E-state index contributed by atoms with van der Waals surface area (Å²) in [6, 6.07) is 6.63. The molecule has 0 spiro atoms. The summed E-state index contributed by atoms with van der Waals surface area (Å²) in [5.41, 5.74) is 0.548. The van der Waals surface area contributed by atoms with Gasteiger partial charge < -0.3 is 19.6 Å². The van der Waals surface area contributed by atoms with Crippen LogP contribution < -0.4 is 9.62 Å². The number of phenolic OH excluding ortho intramolecular Hbond substituents is 1. The lowest BCUT2D eigenvalue weighted by atomic mass is 9.99. The van der Waals surface area contributed by atoms with Gasteiger partial charge in [-0.1, -0.05) is 36.2 Å². The lowest BCUT2D eigenvalue weighted by molar-refractivity contribution is 0.0960. The van der Waals surface area contributed by atoms with E-state index in [2.05, 4.69) is 26.4 Å². The van der Waals surface area contributed by atoms with Gasteiger partial charge >= 0.3 is 0 Å². The number of nitrogens with zero attached hydrogens (tertiary/aromatic N) is 3. The first-order chi connectivity index (χ1) is 13.9. The topological polar surface area (TPSA) is 51.6 Å². The third kappa shape index (κ3) is 4.68. The fourth-order valence-electron chi connectivity index (χ4n) is 4.02. The van der Waals surface area contributed by atoms with Crippen molar-refractivity contribution in [3.05, 3.63) is 40.3 Å². The third-order valence-electron chi connectivity index (χ3n) is 5.38. The normalized spacial score (nSPS) is 20.1. The average Bonchev–Trinajstić information content (AvgIpc) is 3.12. The first-order valence-corrected chi connectivity index (χ1v) is 11.2. The number of halogens is 3.